The molecule has 3 aromatic rings. The summed E-state index contributed by atoms with van der Waals surface area (Å²) in [6.45, 7) is 1.97. The first-order valence-electron chi connectivity index (χ1n) is 8.64. The number of fused-ring (bicyclic) bond motifs is 1. The molecular weight excluding hydrogens is 384 g/mol. The molecule has 1 fully saturated rings. The van der Waals surface area contributed by atoms with E-state index in [2.05, 4.69) is 10.4 Å². The third kappa shape index (κ3) is 3.50. The van der Waals surface area contributed by atoms with Crippen LogP contribution in [0.25, 0.3) is 16.6 Å². The van der Waals surface area contributed by atoms with Gasteiger partial charge in [0.05, 0.1) is 28.1 Å². The van der Waals surface area contributed by atoms with E-state index >= 15 is 0 Å². The van der Waals surface area contributed by atoms with Crippen LogP contribution in [0.3, 0.4) is 0 Å². The third-order valence-corrected chi connectivity index (χ3v) is 7.68. The molecule has 0 bridgehead atoms. The maximum atomic E-state index is 12.7. The SMILES string of the molecule is Cc1sc(C(=O)NC2CCS(=O)(=O)CC2N)cc1-c1cnn2ccccc12. The molecule has 2 atom stereocenters. The van der Waals surface area contributed by atoms with Crippen LogP contribution in [-0.2, 0) is 9.84 Å². The van der Waals surface area contributed by atoms with Gasteiger partial charge in [-0.05, 0) is 37.1 Å². The molecule has 0 saturated carbocycles. The highest BCUT2D eigenvalue weighted by molar-refractivity contribution is 7.91. The zero-order valence-electron chi connectivity index (χ0n) is 14.8. The number of amides is 1. The Morgan fingerprint density at radius 1 is 1.37 bits per heavy atom. The van der Waals surface area contributed by atoms with Crippen molar-refractivity contribution in [1.29, 1.82) is 0 Å². The fourth-order valence-corrected chi connectivity index (χ4v) is 5.97. The maximum absolute atomic E-state index is 12.7. The van der Waals surface area contributed by atoms with E-state index in [1.165, 1.54) is 11.3 Å². The molecule has 9 heteroatoms. The van der Waals surface area contributed by atoms with Gasteiger partial charge in [0, 0.05) is 28.7 Å². The molecule has 0 aromatic carbocycles. The number of thiophene rings is 1. The van der Waals surface area contributed by atoms with Crippen LogP contribution in [-0.4, -0.2) is 47.5 Å². The summed E-state index contributed by atoms with van der Waals surface area (Å²) in [4.78, 5) is 14.3. The number of nitrogens with one attached hydrogen (secondary N) is 1. The van der Waals surface area contributed by atoms with Gasteiger partial charge in [0.1, 0.15) is 0 Å². The van der Waals surface area contributed by atoms with Gasteiger partial charge in [-0.3, -0.25) is 4.79 Å². The van der Waals surface area contributed by atoms with Crippen molar-refractivity contribution in [2.45, 2.75) is 25.4 Å². The standard InChI is InChI=1S/C18H20N4O3S2/c1-11-12(13-9-20-22-6-3-2-4-16(13)22)8-17(26-11)18(23)21-15-5-7-27(24,25)10-14(15)19/h2-4,6,8-9,14-15H,5,7,10,19H2,1H3,(H,21,23). The van der Waals surface area contributed by atoms with Crippen LogP contribution >= 0.6 is 11.3 Å². The molecule has 4 heterocycles. The van der Waals surface area contributed by atoms with E-state index < -0.39 is 15.9 Å². The number of aryl methyl sites for hydroxylation is 1. The predicted molar refractivity (Wildman–Crippen MR) is 106 cm³/mol. The lowest BCUT2D eigenvalue weighted by molar-refractivity contribution is 0.0934. The molecule has 0 aliphatic carbocycles. The lowest BCUT2D eigenvalue weighted by Crippen LogP contribution is -2.54. The third-order valence-electron chi connectivity index (χ3n) is 4.88. The Labute approximate surface area is 161 Å². The number of carbonyl (C=O) groups excluding carboxylic acids is 1. The second-order valence-electron chi connectivity index (χ2n) is 6.82. The molecule has 142 valence electrons. The van der Waals surface area contributed by atoms with Crippen molar-refractivity contribution in [2.75, 3.05) is 11.5 Å². The molecule has 3 N–H and O–H groups in total. The number of nitrogens with two attached hydrogens (primary N) is 1. The Kier molecular flexibility index (Phi) is 4.53. The number of sulfone groups is 1. The second-order valence-corrected chi connectivity index (χ2v) is 10.3. The van der Waals surface area contributed by atoms with Crippen molar-refractivity contribution >= 4 is 32.6 Å². The van der Waals surface area contributed by atoms with Crippen molar-refractivity contribution in [3.63, 3.8) is 0 Å². The molecule has 1 saturated heterocycles. The largest absolute Gasteiger partial charge is 0.347 e. The molecule has 2 unspecified atom stereocenters. The fraction of sp³-hybridized carbons (Fsp3) is 0.333. The monoisotopic (exact) mass is 404 g/mol. The van der Waals surface area contributed by atoms with Gasteiger partial charge in [0.2, 0.25) is 0 Å². The van der Waals surface area contributed by atoms with Crippen molar-refractivity contribution in [2.24, 2.45) is 5.73 Å². The minimum atomic E-state index is -3.10. The van der Waals surface area contributed by atoms with Crippen LogP contribution in [0.1, 0.15) is 21.0 Å². The van der Waals surface area contributed by atoms with E-state index in [1.807, 2.05) is 37.4 Å². The molecule has 27 heavy (non-hydrogen) atoms. The van der Waals surface area contributed by atoms with Crippen molar-refractivity contribution in [3.05, 3.63) is 46.4 Å². The smallest absolute Gasteiger partial charge is 0.261 e. The van der Waals surface area contributed by atoms with Gasteiger partial charge < -0.3 is 11.1 Å². The van der Waals surface area contributed by atoms with E-state index in [9.17, 15) is 13.2 Å². The Bertz CT molecular complexity index is 1120. The summed E-state index contributed by atoms with van der Waals surface area (Å²) in [5.41, 5.74) is 8.88. The number of pyridine rings is 1. The number of aromatic nitrogens is 2. The molecule has 0 radical (unpaired) electrons. The lowest BCUT2D eigenvalue weighted by Gasteiger charge is -2.29. The molecular formula is C18H20N4O3S2. The van der Waals surface area contributed by atoms with Crippen LogP contribution in [0.2, 0.25) is 0 Å². The first kappa shape index (κ1) is 18.1. The van der Waals surface area contributed by atoms with Crippen LogP contribution in [0.4, 0.5) is 0 Å². The van der Waals surface area contributed by atoms with Crippen LogP contribution in [0.15, 0.2) is 36.7 Å². The predicted octanol–water partition coefficient (Wildman–Crippen LogP) is 1.62. The molecule has 1 aliphatic heterocycles. The first-order chi connectivity index (χ1) is 12.8. The molecule has 1 aliphatic rings. The molecule has 0 spiro atoms. The van der Waals surface area contributed by atoms with E-state index in [-0.39, 0.29) is 23.5 Å². The number of rotatable bonds is 3. The Balaban J connectivity index is 1.57. The molecule has 3 aromatic heterocycles. The number of hydrogen-bond donors (Lipinski definition) is 2. The molecule has 7 nitrogen and oxygen atoms in total. The summed E-state index contributed by atoms with van der Waals surface area (Å²) < 4.78 is 25.1. The normalized spacial score (nSPS) is 22.0. The quantitative estimate of drug-likeness (QED) is 0.690. The molecule has 4 rings (SSSR count). The van der Waals surface area contributed by atoms with Crippen molar-refractivity contribution in [1.82, 2.24) is 14.9 Å². The number of nitrogens with zero attached hydrogens (tertiary/aromatic N) is 2. The summed E-state index contributed by atoms with van der Waals surface area (Å²) in [5, 5.41) is 7.26. The second kappa shape index (κ2) is 6.74. The fourth-order valence-electron chi connectivity index (χ4n) is 3.44. The highest BCUT2D eigenvalue weighted by Gasteiger charge is 2.32. The summed E-state index contributed by atoms with van der Waals surface area (Å²) >= 11 is 1.41. The Morgan fingerprint density at radius 3 is 2.96 bits per heavy atom. The van der Waals surface area contributed by atoms with Crippen LogP contribution < -0.4 is 11.1 Å². The summed E-state index contributed by atoms with van der Waals surface area (Å²) in [6, 6.07) is 6.81. The lowest BCUT2D eigenvalue weighted by atomic mass is 10.1. The zero-order valence-corrected chi connectivity index (χ0v) is 16.4. The molecule has 1 amide bonds. The maximum Gasteiger partial charge on any atom is 0.261 e. The summed E-state index contributed by atoms with van der Waals surface area (Å²) in [5.74, 6) is -0.247. The average Bonchev–Trinajstić information content (AvgIpc) is 3.20. The topological polar surface area (TPSA) is 107 Å². The van der Waals surface area contributed by atoms with Crippen molar-refractivity contribution in [3.8, 4) is 11.1 Å². The zero-order chi connectivity index (χ0) is 19.2. The van der Waals surface area contributed by atoms with E-state index in [0.717, 1.165) is 21.5 Å². The van der Waals surface area contributed by atoms with Gasteiger partial charge in [0.15, 0.2) is 9.84 Å². The summed E-state index contributed by atoms with van der Waals surface area (Å²) in [7, 11) is -3.10. The van der Waals surface area contributed by atoms with Gasteiger partial charge in [-0.1, -0.05) is 6.07 Å². The Hall–Kier alpha value is -2.23. The first-order valence-corrected chi connectivity index (χ1v) is 11.3. The van der Waals surface area contributed by atoms with Crippen molar-refractivity contribution < 1.29 is 13.2 Å². The minimum Gasteiger partial charge on any atom is -0.347 e. The van der Waals surface area contributed by atoms with E-state index in [4.69, 9.17) is 5.73 Å². The van der Waals surface area contributed by atoms with Crippen LogP contribution in [0, 0.1) is 6.92 Å². The highest BCUT2D eigenvalue weighted by atomic mass is 32.2. The average molecular weight is 405 g/mol. The van der Waals surface area contributed by atoms with Gasteiger partial charge in [0.25, 0.3) is 5.91 Å². The van der Waals surface area contributed by atoms with Gasteiger partial charge in [-0.15, -0.1) is 11.3 Å². The van der Waals surface area contributed by atoms with Crippen LogP contribution in [0.5, 0.6) is 0 Å². The number of carbonyl (C=O) groups is 1. The van der Waals surface area contributed by atoms with Gasteiger partial charge >= 0.3 is 0 Å². The number of hydrogen-bond acceptors (Lipinski definition) is 6. The van der Waals surface area contributed by atoms with E-state index in [1.54, 1.807) is 10.7 Å². The van der Waals surface area contributed by atoms with E-state index in [0.29, 0.717) is 11.3 Å². The highest BCUT2D eigenvalue weighted by Crippen LogP contribution is 2.33. The Morgan fingerprint density at radius 2 is 2.19 bits per heavy atom. The van der Waals surface area contributed by atoms with Gasteiger partial charge in [-0.2, -0.15) is 5.10 Å². The van der Waals surface area contributed by atoms with Gasteiger partial charge in [-0.25, -0.2) is 12.9 Å². The minimum absolute atomic E-state index is 0.0583. The summed E-state index contributed by atoms with van der Waals surface area (Å²) in [6.07, 6.45) is 4.03.